The zero-order valence-electron chi connectivity index (χ0n) is 19.1. The minimum Gasteiger partial charge on any atom is -0.467 e. The minimum atomic E-state index is -4.21. The van der Waals surface area contributed by atoms with E-state index < -0.39 is 33.2 Å². The summed E-state index contributed by atoms with van der Waals surface area (Å²) in [6.07, 6.45) is 1.58. The molecule has 2 heterocycles. The molecule has 4 aromatic rings. The van der Waals surface area contributed by atoms with Crippen molar-refractivity contribution in [1.29, 1.82) is 0 Å². The average Bonchev–Trinajstić information content (AvgIpc) is 3.38. The first kappa shape index (κ1) is 24.2. The Labute approximate surface area is 200 Å². The van der Waals surface area contributed by atoms with E-state index in [0.717, 1.165) is 10.1 Å². The Morgan fingerprint density at radius 2 is 1.74 bits per heavy atom. The molecule has 0 saturated heterocycles. The van der Waals surface area contributed by atoms with Gasteiger partial charge < -0.3 is 9.73 Å². The number of furan rings is 1. The molecular formula is C24H24N4O6S. The maximum Gasteiger partial charge on any atom is 0.330 e. The van der Waals surface area contributed by atoms with Crippen LogP contribution in [0, 0.1) is 0 Å². The molecule has 0 bridgehead atoms. The van der Waals surface area contributed by atoms with Crippen molar-refractivity contribution in [2.24, 2.45) is 14.1 Å². The number of fused-ring (bicyclic) bond motifs is 1. The minimum absolute atomic E-state index is 0.0688. The van der Waals surface area contributed by atoms with Gasteiger partial charge in [-0.05, 0) is 42.3 Å². The van der Waals surface area contributed by atoms with E-state index in [0.29, 0.717) is 11.3 Å². The van der Waals surface area contributed by atoms with Crippen molar-refractivity contribution in [2.75, 3.05) is 0 Å². The predicted octanol–water partition coefficient (Wildman–Crippen LogP) is 1.04. The van der Waals surface area contributed by atoms with E-state index in [9.17, 15) is 22.8 Å². The van der Waals surface area contributed by atoms with Crippen molar-refractivity contribution in [3.8, 4) is 0 Å². The monoisotopic (exact) mass is 496 g/mol. The van der Waals surface area contributed by atoms with Crippen LogP contribution in [0.4, 0.5) is 0 Å². The van der Waals surface area contributed by atoms with Crippen molar-refractivity contribution in [3.63, 3.8) is 0 Å². The van der Waals surface area contributed by atoms with Gasteiger partial charge in [0.15, 0.2) is 0 Å². The lowest BCUT2D eigenvalue weighted by Gasteiger charge is -2.19. The molecule has 182 valence electrons. The second-order valence-corrected chi connectivity index (χ2v) is 9.76. The van der Waals surface area contributed by atoms with E-state index in [-0.39, 0.29) is 23.2 Å². The number of sulfonamides is 1. The lowest BCUT2D eigenvalue weighted by atomic mass is 10.1. The Bertz CT molecular complexity index is 1590. The van der Waals surface area contributed by atoms with Gasteiger partial charge in [-0.15, -0.1) is 0 Å². The van der Waals surface area contributed by atoms with Crippen LogP contribution in [-0.2, 0) is 41.9 Å². The number of benzene rings is 2. The van der Waals surface area contributed by atoms with E-state index in [1.54, 1.807) is 36.4 Å². The van der Waals surface area contributed by atoms with Crippen molar-refractivity contribution in [1.82, 2.24) is 19.2 Å². The van der Waals surface area contributed by atoms with Crippen LogP contribution in [0.15, 0.2) is 85.8 Å². The second kappa shape index (κ2) is 9.72. The number of rotatable bonds is 8. The molecule has 35 heavy (non-hydrogen) atoms. The number of nitrogens with zero attached hydrogens (tertiary/aromatic N) is 2. The standard InChI is InChI=1S/C24H24N4O6S/c1-27-21-11-10-18(14-19(21)23(30)28(2)24(27)31)35(32,33)26-20(13-16-7-4-3-5-8-16)22(29)25-15-17-9-6-12-34-17/h3-12,14,20,26H,13,15H2,1-2H3,(H,25,29)/t20-/m1/s1. The molecule has 2 N–H and O–H groups in total. The Morgan fingerprint density at radius 1 is 1.00 bits per heavy atom. The zero-order chi connectivity index (χ0) is 25.2. The zero-order valence-corrected chi connectivity index (χ0v) is 19.9. The van der Waals surface area contributed by atoms with Crippen LogP contribution >= 0.6 is 0 Å². The maximum absolute atomic E-state index is 13.3. The van der Waals surface area contributed by atoms with Crippen molar-refractivity contribution in [2.45, 2.75) is 23.9 Å². The lowest BCUT2D eigenvalue weighted by molar-refractivity contribution is -0.122. The van der Waals surface area contributed by atoms with Crippen LogP contribution in [0.2, 0.25) is 0 Å². The summed E-state index contributed by atoms with van der Waals surface area (Å²) in [5.74, 6) is -0.0106. The second-order valence-electron chi connectivity index (χ2n) is 8.05. The van der Waals surface area contributed by atoms with Gasteiger partial charge in [0.05, 0.1) is 28.6 Å². The lowest BCUT2D eigenvalue weighted by Crippen LogP contribution is -2.47. The molecule has 0 aliphatic rings. The number of hydrogen-bond acceptors (Lipinski definition) is 6. The van der Waals surface area contributed by atoms with Crippen molar-refractivity contribution < 1.29 is 17.6 Å². The molecule has 11 heteroatoms. The summed E-state index contributed by atoms with van der Waals surface area (Å²) in [6.45, 7) is 0.0961. The Morgan fingerprint density at radius 3 is 2.43 bits per heavy atom. The fraction of sp³-hybridized carbons (Fsp3) is 0.208. The van der Waals surface area contributed by atoms with E-state index in [1.165, 1.54) is 43.1 Å². The van der Waals surface area contributed by atoms with Crippen LogP contribution in [0.3, 0.4) is 0 Å². The van der Waals surface area contributed by atoms with Gasteiger partial charge in [0.25, 0.3) is 5.56 Å². The first-order valence-corrected chi connectivity index (χ1v) is 12.2. The van der Waals surface area contributed by atoms with Gasteiger partial charge in [-0.3, -0.25) is 18.7 Å². The fourth-order valence-corrected chi connectivity index (χ4v) is 4.97. The summed E-state index contributed by atoms with van der Waals surface area (Å²) in [6, 6.07) is 15.2. The van der Waals surface area contributed by atoms with Gasteiger partial charge >= 0.3 is 5.69 Å². The largest absolute Gasteiger partial charge is 0.467 e. The topological polar surface area (TPSA) is 132 Å². The molecule has 1 atom stereocenters. The molecule has 0 saturated carbocycles. The molecule has 0 radical (unpaired) electrons. The van der Waals surface area contributed by atoms with Crippen LogP contribution in [0.25, 0.3) is 10.9 Å². The normalized spacial score (nSPS) is 12.5. The van der Waals surface area contributed by atoms with Gasteiger partial charge in [0, 0.05) is 14.1 Å². The third-order valence-corrected chi connectivity index (χ3v) is 7.13. The highest BCUT2D eigenvalue weighted by Gasteiger charge is 2.27. The smallest absolute Gasteiger partial charge is 0.330 e. The molecule has 4 rings (SSSR count). The third-order valence-electron chi connectivity index (χ3n) is 5.66. The summed E-state index contributed by atoms with van der Waals surface area (Å²) < 4.78 is 36.4. The van der Waals surface area contributed by atoms with Gasteiger partial charge in [0.1, 0.15) is 11.8 Å². The third kappa shape index (κ3) is 5.10. The van der Waals surface area contributed by atoms with E-state index in [2.05, 4.69) is 10.0 Å². The van der Waals surface area contributed by atoms with Gasteiger partial charge in [-0.25, -0.2) is 13.2 Å². The molecule has 0 fully saturated rings. The number of carbonyl (C=O) groups excluding carboxylic acids is 1. The average molecular weight is 497 g/mol. The number of nitrogens with one attached hydrogen (secondary N) is 2. The first-order valence-electron chi connectivity index (χ1n) is 10.7. The molecule has 1 amide bonds. The van der Waals surface area contributed by atoms with Crippen molar-refractivity contribution >= 4 is 26.8 Å². The van der Waals surface area contributed by atoms with E-state index in [4.69, 9.17) is 4.42 Å². The van der Waals surface area contributed by atoms with Crippen LogP contribution in [0.1, 0.15) is 11.3 Å². The van der Waals surface area contributed by atoms with Crippen LogP contribution in [0.5, 0.6) is 0 Å². The van der Waals surface area contributed by atoms with Crippen LogP contribution < -0.4 is 21.3 Å². The Balaban J connectivity index is 1.66. The Kier molecular flexibility index (Phi) is 6.72. The molecule has 0 aliphatic carbocycles. The van der Waals surface area contributed by atoms with E-state index >= 15 is 0 Å². The van der Waals surface area contributed by atoms with Crippen LogP contribution in [-0.4, -0.2) is 29.5 Å². The Hall–Kier alpha value is -3.96. The molecule has 10 nitrogen and oxygen atoms in total. The summed E-state index contributed by atoms with van der Waals surface area (Å²) in [7, 11) is -1.39. The molecule has 0 unspecified atom stereocenters. The summed E-state index contributed by atoms with van der Waals surface area (Å²) >= 11 is 0. The number of carbonyl (C=O) groups is 1. The highest BCUT2D eigenvalue weighted by atomic mass is 32.2. The van der Waals surface area contributed by atoms with E-state index in [1.807, 2.05) is 6.07 Å². The summed E-state index contributed by atoms with van der Waals surface area (Å²) in [5, 5.41) is 2.76. The van der Waals surface area contributed by atoms with Crippen molar-refractivity contribution in [3.05, 3.63) is 99.1 Å². The molecule has 0 aliphatic heterocycles. The summed E-state index contributed by atoms with van der Waals surface area (Å²) in [4.78, 5) is 37.6. The highest BCUT2D eigenvalue weighted by molar-refractivity contribution is 7.89. The molecule has 2 aromatic heterocycles. The summed E-state index contributed by atoms with van der Waals surface area (Å²) in [5.41, 5.74) is -0.0747. The quantitative estimate of drug-likeness (QED) is 0.375. The SMILES string of the molecule is Cn1c(=O)c2cc(S(=O)(=O)N[C@H](Cc3ccccc3)C(=O)NCc3ccco3)ccc2n(C)c1=O. The maximum atomic E-state index is 13.3. The highest BCUT2D eigenvalue weighted by Crippen LogP contribution is 2.17. The number of aromatic nitrogens is 2. The van der Waals surface area contributed by atoms with Gasteiger partial charge in [-0.1, -0.05) is 30.3 Å². The molecule has 0 spiro atoms. The predicted molar refractivity (Wildman–Crippen MR) is 129 cm³/mol. The van der Waals surface area contributed by atoms with Gasteiger partial charge in [-0.2, -0.15) is 4.72 Å². The van der Waals surface area contributed by atoms with Gasteiger partial charge in [0.2, 0.25) is 15.9 Å². The number of hydrogen-bond donors (Lipinski definition) is 2. The molecular weight excluding hydrogens is 472 g/mol. The number of amides is 1. The first-order chi connectivity index (χ1) is 16.7. The fourth-order valence-electron chi connectivity index (χ4n) is 3.75. The molecule has 2 aromatic carbocycles. The number of aryl methyl sites for hydroxylation is 1.